The fourth-order valence-electron chi connectivity index (χ4n) is 1.91. The summed E-state index contributed by atoms with van der Waals surface area (Å²) in [7, 11) is -5.11. The van der Waals surface area contributed by atoms with Gasteiger partial charge in [-0.1, -0.05) is 18.2 Å². The summed E-state index contributed by atoms with van der Waals surface area (Å²) in [6.07, 6.45) is -5.46. The van der Waals surface area contributed by atoms with E-state index in [1.807, 2.05) is 0 Å². The Kier molecular flexibility index (Phi) is 9.09. The van der Waals surface area contributed by atoms with Crippen molar-refractivity contribution in [1.29, 1.82) is 0 Å². The first kappa shape index (κ1) is 24.9. The van der Waals surface area contributed by atoms with Crippen molar-refractivity contribution in [2.24, 2.45) is 0 Å². The highest BCUT2D eigenvalue weighted by atomic mass is 31.2. The van der Waals surface area contributed by atoms with Gasteiger partial charge >= 0.3 is 25.6 Å². The summed E-state index contributed by atoms with van der Waals surface area (Å²) in [5.74, 6) is -6.43. The van der Waals surface area contributed by atoms with Gasteiger partial charge in [0.2, 0.25) is 0 Å². The van der Waals surface area contributed by atoms with E-state index in [0.29, 0.717) is 0 Å². The fraction of sp³-hybridized carbons (Fsp3) is 0.500. The lowest BCUT2D eigenvalue weighted by Gasteiger charge is -2.33. The van der Waals surface area contributed by atoms with Gasteiger partial charge in [0.25, 0.3) is 5.97 Å². The molecule has 0 radical (unpaired) electrons. The Labute approximate surface area is 165 Å². The van der Waals surface area contributed by atoms with Crippen LogP contribution in [0.15, 0.2) is 30.3 Å². The second-order valence-corrected chi connectivity index (χ2v) is 7.67. The first-order valence-corrected chi connectivity index (χ1v) is 10.0. The van der Waals surface area contributed by atoms with Gasteiger partial charge in [0.1, 0.15) is 12.3 Å². The number of amides is 1. The van der Waals surface area contributed by atoms with Crippen LogP contribution >= 0.6 is 7.60 Å². The number of hydrogen-bond donors (Lipinski definition) is 2. The van der Waals surface area contributed by atoms with Crippen molar-refractivity contribution in [3.63, 3.8) is 0 Å². The molecule has 29 heavy (non-hydrogen) atoms. The van der Waals surface area contributed by atoms with E-state index >= 15 is 0 Å². The number of esters is 1. The highest BCUT2D eigenvalue weighted by Gasteiger charge is 2.52. The van der Waals surface area contributed by atoms with Crippen LogP contribution in [0.1, 0.15) is 20.8 Å². The third kappa shape index (κ3) is 8.01. The van der Waals surface area contributed by atoms with Crippen molar-refractivity contribution in [3.8, 4) is 5.75 Å². The Bertz CT molecular complexity index is 731. The SMILES string of the molecule is CCOC(=O)CN(C(=O)C(F)(F)F)C(Oc1ccccc1)P(=O)(O)ONC(C)C. The third-order valence-corrected chi connectivity index (χ3v) is 4.37. The summed E-state index contributed by atoms with van der Waals surface area (Å²) in [6.45, 7) is 2.99. The van der Waals surface area contributed by atoms with Crippen molar-refractivity contribution in [2.45, 2.75) is 39.0 Å². The lowest BCUT2D eigenvalue weighted by molar-refractivity contribution is -0.192. The van der Waals surface area contributed by atoms with Gasteiger partial charge in [-0.25, -0.2) is 4.62 Å². The van der Waals surface area contributed by atoms with Crippen LogP contribution in [0.25, 0.3) is 0 Å². The van der Waals surface area contributed by atoms with E-state index < -0.39 is 44.2 Å². The van der Waals surface area contributed by atoms with Crippen molar-refractivity contribution in [2.75, 3.05) is 13.2 Å². The van der Waals surface area contributed by atoms with Gasteiger partial charge in [0.05, 0.1) is 6.61 Å². The molecule has 0 bridgehead atoms. The molecule has 2 atom stereocenters. The third-order valence-electron chi connectivity index (χ3n) is 3.06. The van der Waals surface area contributed by atoms with Crippen LogP contribution in [0.3, 0.4) is 0 Å². The topological polar surface area (TPSA) is 114 Å². The summed E-state index contributed by atoms with van der Waals surface area (Å²) in [4.78, 5) is 33.7. The van der Waals surface area contributed by atoms with E-state index in [0.717, 1.165) is 0 Å². The number of rotatable bonds is 10. The molecule has 1 aromatic carbocycles. The number of halogens is 3. The van der Waals surface area contributed by atoms with Crippen molar-refractivity contribution in [3.05, 3.63) is 30.3 Å². The average Bonchev–Trinajstić information content (AvgIpc) is 2.62. The molecule has 0 aliphatic rings. The van der Waals surface area contributed by atoms with Crippen molar-refractivity contribution >= 4 is 19.5 Å². The van der Waals surface area contributed by atoms with Crippen LogP contribution in [-0.4, -0.2) is 53.0 Å². The van der Waals surface area contributed by atoms with E-state index in [2.05, 4.69) is 14.8 Å². The first-order chi connectivity index (χ1) is 13.4. The maximum absolute atomic E-state index is 13.1. The largest absolute Gasteiger partial charge is 0.471 e. The molecule has 0 saturated heterocycles. The lowest BCUT2D eigenvalue weighted by Crippen LogP contribution is -2.52. The Morgan fingerprint density at radius 3 is 2.31 bits per heavy atom. The molecule has 1 rings (SSSR count). The molecule has 0 aromatic heterocycles. The zero-order valence-electron chi connectivity index (χ0n) is 15.9. The molecule has 0 fully saturated rings. The van der Waals surface area contributed by atoms with Crippen molar-refractivity contribution < 1.29 is 46.3 Å². The summed E-state index contributed by atoms with van der Waals surface area (Å²) in [5.41, 5.74) is 2.13. The normalized spacial score (nSPS) is 14.8. The van der Waals surface area contributed by atoms with Gasteiger partial charge in [0.15, 0.2) is 0 Å². The van der Waals surface area contributed by atoms with Crippen molar-refractivity contribution in [1.82, 2.24) is 10.4 Å². The number of carbonyl (C=O) groups is 2. The number of alkyl halides is 3. The molecule has 164 valence electrons. The van der Waals surface area contributed by atoms with E-state index in [1.54, 1.807) is 6.07 Å². The van der Waals surface area contributed by atoms with Gasteiger partial charge < -0.3 is 14.4 Å². The van der Waals surface area contributed by atoms with E-state index in [9.17, 15) is 32.2 Å². The molecule has 0 heterocycles. The maximum atomic E-state index is 13.1. The highest BCUT2D eigenvalue weighted by Crippen LogP contribution is 2.49. The first-order valence-electron chi connectivity index (χ1n) is 8.40. The number of ether oxygens (including phenoxy) is 2. The molecule has 0 saturated carbocycles. The van der Waals surface area contributed by atoms with Gasteiger partial charge in [-0.15, -0.1) is 0 Å². The van der Waals surface area contributed by atoms with E-state index in [1.165, 1.54) is 45.0 Å². The zero-order valence-corrected chi connectivity index (χ0v) is 16.8. The molecule has 13 heteroatoms. The van der Waals surface area contributed by atoms with Gasteiger partial charge in [0, 0.05) is 6.04 Å². The standard InChI is InChI=1S/C16H22F3N2O7P/c1-4-26-13(22)10-21(14(23)16(17,18)19)15(27-12-8-6-5-7-9-12)29(24,25)28-20-11(2)3/h5-9,11,15,20H,4,10H2,1-3H3,(H,24,25). The molecule has 9 nitrogen and oxygen atoms in total. The molecule has 2 N–H and O–H groups in total. The minimum atomic E-state index is -5.46. The van der Waals surface area contributed by atoms with Crippen LogP contribution in [0, 0.1) is 0 Å². The summed E-state index contributed by atoms with van der Waals surface area (Å²) < 4.78 is 66.4. The van der Waals surface area contributed by atoms with Crippen LogP contribution in [0.5, 0.6) is 5.75 Å². The molecule has 2 unspecified atom stereocenters. The number of hydroxylamine groups is 1. The Balaban J connectivity index is 3.37. The molecule has 1 amide bonds. The smallest absolute Gasteiger partial charge is 0.465 e. The Morgan fingerprint density at radius 1 is 1.24 bits per heavy atom. The Hall–Kier alpha value is -2.14. The average molecular weight is 442 g/mol. The number of nitrogens with zero attached hydrogens (tertiary/aromatic N) is 1. The molecular formula is C16H22F3N2O7P. The molecule has 1 aromatic rings. The van der Waals surface area contributed by atoms with E-state index in [-0.39, 0.29) is 17.3 Å². The Morgan fingerprint density at radius 2 is 1.83 bits per heavy atom. The van der Waals surface area contributed by atoms with Crippen LogP contribution < -0.4 is 10.2 Å². The summed E-state index contributed by atoms with van der Waals surface area (Å²) in [5, 5.41) is 0. The quantitative estimate of drug-likeness (QED) is 0.246. The molecular weight excluding hydrogens is 420 g/mol. The number of carbonyl (C=O) groups excluding carboxylic acids is 2. The number of para-hydroxylation sites is 1. The molecule has 0 aliphatic heterocycles. The maximum Gasteiger partial charge on any atom is 0.471 e. The predicted molar refractivity (Wildman–Crippen MR) is 94.4 cm³/mol. The second-order valence-electron chi connectivity index (χ2n) is 5.92. The van der Waals surface area contributed by atoms with Gasteiger partial charge in [-0.3, -0.25) is 19.1 Å². The summed E-state index contributed by atoms with van der Waals surface area (Å²) >= 11 is 0. The number of nitrogens with one attached hydrogen (secondary N) is 1. The predicted octanol–water partition coefficient (Wildman–Crippen LogP) is 2.42. The molecule has 0 aliphatic carbocycles. The van der Waals surface area contributed by atoms with Gasteiger partial charge in [-0.05, 0) is 32.9 Å². The zero-order chi connectivity index (χ0) is 22.2. The second kappa shape index (κ2) is 10.6. The summed E-state index contributed by atoms with van der Waals surface area (Å²) in [6, 6.07) is 6.53. The minimum absolute atomic E-state index is 0.135. The number of benzene rings is 1. The van der Waals surface area contributed by atoms with Gasteiger partial charge in [-0.2, -0.15) is 18.7 Å². The van der Waals surface area contributed by atoms with Crippen LogP contribution in [-0.2, 0) is 23.5 Å². The lowest BCUT2D eigenvalue weighted by atomic mass is 10.3. The fourth-order valence-corrected chi connectivity index (χ4v) is 3.16. The highest BCUT2D eigenvalue weighted by molar-refractivity contribution is 7.53. The van der Waals surface area contributed by atoms with Crippen LogP contribution in [0.2, 0.25) is 0 Å². The minimum Gasteiger partial charge on any atom is -0.465 e. The number of hydrogen-bond acceptors (Lipinski definition) is 7. The van der Waals surface area contributed by atoms with Crippen LogP contribution in [0.4, 0.5) is 13.2 Å². The van der Waals surface area contributed by atoms with E-state index in [4.69, 9.17) is 4.74 Å². The molecule has 0 spiro atoms. The monoisotopic (exact) mass is 442 g/mol.